The highest BCUT2D eigenvalue weighted by Crippen LogP contribution is 2.26. The Morgan fingerprint density at radius 3 is 2.20 bits per heavy atom. The molecule has 134 valence electrons. The molecule has 0 bridgehead atoms. The Labute approximate surface area is 157 Å². The molecule has 2 aromatic carbocycles. The topological polar surface area (TPSA) is 66.5 Å². The first-order valence-corrected chi connectivity index (χ1v) is 10.4. The molecule has 1 amide bonds. The average molecular weight is 425 g/mol. The Morgan fingerprint density at radius 1 is 1.12 bits per heavy atom. The third-order valence-electron chi connectivity index (χ3n) is 3.68. The van der Waals surface area contributed by atoms with Gasteiger partial charge in [0, 0.05) is 4.47 Å². The smallest absolute Gasteiger partial charge is 0.248 e. The molecule has 2 rings (SSSR count). The van der Waals surface area contributed by atoms with Crippen LogP contribution in [0.1, 0.15) is 18.1 Å². The molecule has 0 unspecified atom stereocenters. The predicted octanol–water partition coefficient (Wildman–Crippen LogP) is 3.86. The van der Waals surface area contributed by atoms with E-state index in [0.29, 0.717) is 11.4 Å². The maximum absolute atomic E-state index is 12.7. The van der Waals surface area contributed by atoms with Crippen molar-refractivity contribution < 1.29 is 13.2 Å². The number of amides is 1. The standard InChI is InChI=1S/C18H21BrN2O3S/c1-12-9-13(2)11-15(10-12)21(25(4,23)24)14(3)18(22)20-17-8-6-5-7-16(17)19/h5-11,14H,1-4H3,(H,20,22)/t14-/m0/s1. The Hall–Kier alpha value is -1.86. The highest BCUT2D eigenvalue weighted by Gasteiger charge is 2.29. The molecule has 0 aliphatic carbocycles. The van der Waals surface area contributed by atoms with E-state index >= 15 is 0 Å². The molecule has 0 fully saturated rings. The third-order valence-corrected chi connectivity index (χ3v) is 5.61. The first kappa shape index (κ1) is 19.5. The molecule has 1 N–H and O–H groups in total. The van der Waals surface area contributed by atoms with Crippen LogP contribution >= 0.6 is 15.9 Å². The van der Waals surface area contributed by atoms with Gasteiger partial charge < -0.3 is 5.32 Å². The second-order valence-electron chi connectivity index (χ2n) is 6.05. The lowest BCUT2D eigenvalue weighted by Crippen LogP contribution is -2.45. The van der Waals surface area contributed by atoms with Crippen LogP contribution in [0.15, 0.2) is 46.9 Å². The van der Waals surface area contributed by atoms with Crippen molar-refractivity contribution in [2.45, 2.75) is 26.8 Å². The van der Waals surface area contributed by atoms with E-state index in [1.807, 2.05) is 26.0 Å². The number of carbonyl (C=O) groups excluding carboxylic acids is 1. The van der Waals surface area contributed by atoms with Gasteiger partial charge in [-0.05, 0) is 72.1 Å². The number of halogens is 1. The fourth-order valence-electron chi connectivity index (χ4n) is 2.69. The lowest BCUT2D eigenvalue weighted by molar-refractivity contribution is -0.116. The van der Waals surface area contributed by atoms with Gasteiger partial charge in [0.1, 0.15) is 6.04 Å². The van der Waals surface area contributed by atoms with Gasteiger partial charge in [0.05, 0.1) is 17.6 Å². The van der Waals surface area contributed by atoms with Crippen molar-refractivity contribution in [1.29, 1.82) is 0 Å². The van der Waals surface area contributed by atoms with Crippen LogP contribution in [0.5, 0.6) is 0 Å². The van der Waals surface area contributed by atoms with Gasteiger partial charge >= 0.3 is 0 Å². The number of hydrogen-bond acceptors (Lipinski definition) is 3. The van der Waals surface area contributed by atoms with Crippen molar-refractivity contribution in [3.63, 3.8) is 0 Å². The number of sulfonamides is 1. The van der Waals surface area contributed by atoms with Crippen LogP contribution in [0.2, 0.25) is 0 Å². The average Bonchev–Trinajstić information content (AvgIpc) is 2.47. The number of aryl methyl sites for hydroxylation is 2. The van der Waals surface area contributed by atoms with E-state index in [2.05, 4.69) is 21.2 Å². The predicted molar refractivity (Wildman–Crippen MR) is 105 cm³/mol. The van der Waals surface area contributed by atoms with E-state index in [-0.39, 0.29) is 0 Å². The number of carbonyl (C=O) groups is 1. The second-order valence-corrected chi connectivity index (χ2v) is 8.76. The lowest BCUT2D eigenvalue weighted by Gasteiger charge is -2.29. The molecule has 0 aliphatic rings. The molecule has 2 aromatic rings. The summed E-state index contributed by atoms with van der Waals surface area (Å²) < 4.78 is 26.6. The fourth-order valence-corrected chi connectivity index (χ4v) is 4.23. The van der Waals surface area contributed by atoms with Crippen molar-refractivity contribution in [1.82, 2.24) is 0 Å². The molecule has 5 nitrogen and oxygen atoms in total. The van der Waals surface area contributed by atoms with Crippen LogP contribution in [0.3, 0.4) is 0 Å². The normalized spacial score (nSPS) is 12.5. The first-order valence-electron chi connectivity index (χ1n) is 7.72. The van der Waals surface area contributed by atoms with E-state index < -0.39 is 22.0 Å². The zero-order chi connectivity index (χ0) is 18.8. The lowest BCUT2D eigenvalue weighted by atomic mass is 10.1. The minimum Gasteiger partial charge on any atom is -0.323 e. The largest absolute Gasteiger partial charge is 0.323 e. The number of para-hydroxylation sites is 1. The van der Waals surface area contributed by atoms with Crippen molar-refractivity contribution in [2.75, 3.05) is 15.9 Å². The molecule has 1 atom stereocenters. The Balaban J connectivity index is 2.38. The molecule has 0 radical (unpaired) electrons. The van der Waals surface area contributed by atoms with Crippen molar-refractivity contribution >= 4 is 43.2 Å². The van der Waals surface area contributed by atoms with Crippen LogP contribution in [-0.2, 0) is 14.8 Å². The van der Waals surface area contributed by atoms with Crippen molar-refractivity contribution in [3.05, 3.63) is 58.1 Å². The Bertz CT molecular complexity index is 877. The van der Waals surface area contributed by atoms with E-state index in [1.54, 1.807) is 37.3 Å². The SMILES string of the molecule is Cc1cc(C)cc(N([C@@H](C)C(=O)Nc2ccccc2Br)S(C)(=O)=O)c1. The van der Waals surface area contributed by atoms with E-state index in [1.165, 1.54) is 0 Å². The van der Waals surface area contributed by atoms with Crippen LogP contribution in [0.25, 0.3) is 0 Å². The molecule has 25 heavy (non-hydrogen) atoms. The highest BCUT2D eigenvalue weighted by molar-refractivity contribution is 9.10. The van der Waals surface area contributed by atoms with E-state index in [0.717, 1.165) is 26.2 Å². The zero-order valence-electron chi connectivity index (χ0n) is 14.6. The molecule has 0 heterocycles. The number of rotatable bonds is 5. The van der Waals surface area contributed by atoms with Gasteiger partial charge in [-0.3, -0.25) is 9.10 Å². The maximum atomic E-state index is 12.7. The van der Waals surface area contributed by atoms with Gasteiger partial charge in [-0.2, -0.15) is 0 Å². The summed E-state index contributed by atoms with van der Waals surface area (Å²) in [4.78, 5) is 12.7. The first-order chi connectivity index (χ1) is 11.6. The minimum absolute atomic E-state index is 0.406. The second kappa shape index (κ2) is 7.58. The van der Waals surface area contributed by atoms with Crippen LogP contribution in [0, 0.1) is 13.8 Å². The zero-order valence-corrected chi connectivity index (χ0v) is 17.0. The van der Waals surface area contributed by atoms with Gasteiger partial charge in [0.2, 0.25) is 15.9 Å². The van der Waals surface area contributed by atoms with Crippen molar-refractivity contribution in [2.24, 2.45) is 0 Å². The minimum atomic E-state index is -3.64. The van der Waals surface area contributed by atoms with Crippen molar-refractivity contribution in [3.8, 4) is 0 Å². The Kier molecular flexibility index (Phi) is 5.90. The van der Waals surface area contributed by atoms with E-state index in [4.69, 9.17) is 0 Å². The summed E-state index contributed by atoms with van der Waals surface area (Å²) in [6, 6.07) is 11.8. The van der Waals surface area contributed by atoms with E-state index in [9.17, 15) is 13.2 Å². The maximum Gasteiger partial charge on any atom is 0.248 e. The molecule has 0 aliphatic heterocycles. The van der Waals surface area contributed by atoms with Gasteiger partial charge in [0.15, 0.2) is 0 Å². The molecule has 0 aromatic heterocycles. The van der Waals surface area contributed by atoms with Gasteiger partial charge in [-0.1, -0.05) is 18.2 Å². The number of hydrogen-bond donors (Lipinski definition) is 1. The third kappa shape index (κ3) is 4.83. The van der Waals surface area contributed by atoms with Gasteiger partial charge in [-0.15, -0.1) is 0 Å². The summed E-state index contributed by atoms with van der Waals surface area (Å²) in [7, 11) is -3.64. The summed E-state index contributed by atoms with van der Waals surface area (Å²) in [5.41, 5.74) is 2.94. The quantitative estimate of drug-likeness (QED) is 0.791. The summed E-state index contributed by atoms with van der Waals surface area (Å²) in [5.74, 6) is -0.406. The molecular weight excluding hydrogens is 404 g/mol. The molecule has 7 heteroatoms. The van der Waals surface area contributed by atoms with Crippen LogP contribution in [0.4, 0.5) is 11.4 Å². The molecule has 0 spiro atoms. The summed E-state index contributed by atoms with van der Waals surface area (Å²) in [6.07, 6.45) is 1.10. The summed E-state index contributed by atoms with van der Waals surface area (Å²) in [5, 5.41) is 2.77. The van der Waals surface area contributed by atoms with Crippen LogP contribution in [-0.4, -0.2) is 26.6 Å². The molecule has 0 saturated carbocycles. The van der Waals surface area contributed by atoms with Crippen LogP contribution < -0.4 is 9.62 Å². The van der Waals surface area contributed by atoms with Gasteiger partial charge in [0.25, 0.3) is 0 Å². The monoisotopic (exact) mass is 424 g/mol. The summed E-state index contributed by atoms with van der Waals surface area (Å²) in [6.45, 7) is 5.36. The molecular formula is C18H21BrN2O3S. The highest BCUT2D eigenvalue weighted by atomic mass is 79.9. The molecule has 0 saturated heterocycles. The number of benzene rings is 2. The number of nitrogens with zero attached hydrogens (tertiary/aromatic N) is 1. The Morgan fingerprint density at radius 2 is 1.68 bits per heavy atom. The van der Waals surface area contributed by atoms with Gasteiger partial charge in [-0.25, -0.2) is 8.42 Å². The fraction of sp³-hybridized carbons (Fsp3) is 0.278. The number of anilines is 2. The summed E-state index contributed by atoms with van der Waals surface area (Å²) >= 11 is 3.37. The number of nitrogens with one attached hydrogen (secondary N) is 1.